The van der Waals surface area contributed by atoms with Gasteiger partial charge in [-0.3, -0.25) is 4.79 Å². The van der Waals surface area contributed by atoms with Gasteiger partial charge in [0, 0.05) is 18.5 Å². The highest BCUT2D eigenvalue weighted by molar-refractivity contribution is 7.18. The summed E-state index contributed by atoms with van der Waals surface area (Å²) >= 11 is 1.62. The fraction of sp³-hybridized carbons (Fsp3) is 0.462. The van der Waals surface area contributed by atoms with E-state index in [-0.39, 0.29) is 18.4 Å². The lowest BCUT2D eigenvalue weighted by Gasteiger charge is -2.21. The first-order chi connectivity index (χ1) is 9.58. The quantitative estimate of drug-likeness (QED) is 0.870. The number of anilines is 2. The van der Waals surface area contributed by atoms with Crippen LogP contribution in [-0.4, -0.2) is 36.0 Å². The number of carbonyl (C=O) groups excluding carboxylic acids is 1. The van der Waals surface area contributed by atoms with E-state index >= 15 is 0 Å². The maximum absolute atomic E-state index is 11.6. The molecule has 1 amide bonds. The first-order valence-corrected chi connectivity index (χ1v) is 7.42. The number of rotatable bonds is 5. The van der Waals surface area contributed by atoms with Crippen LogP contribution in [0.4, 0.5) is 11.8 Å². The minimum atomic E-state index is -0.0527. The van der Waals surface area contributed by atoms with E-state index in [2.05, 4.69) is 28.3 Å². The Labute approximate surface area is 122 Å². The van der Waals surface area contributed by atoms with E-state index in [0.29, 0.717) is 6.54 Å². The van der Waals surface area contributed by atoms with E-state index in [1.54, 1.807) is 18.4 Å². The third-order valence-electron chi connectivity index (χ3n) is 3.08. The van der Waals surface area contributed by atoms with Gasteiger partial charge in [0.2, 0.25) is 11.9 Å². The van der Waals surface area contributed by atoms with E-state index in [9.17, 15) is 4.79 Å². The Balaban J connectivity index is 2.49. The summed E-state index contributed by atoms with van der Waals surface area (Å²) in [6.45, 7) is 5.02. The van der Waals surface area contributed by atoms with Crippen molar-refractivity contribution < 1.29 is 4.79 Å². The van der Waals surface area contributed by atoms with Gasteiger partial charge in [0.1, 0.15) is 10.6 Å². The Morgan fingerprint density at radius 1 is 1.45 bits per heavy atom. The van der Waals surface area contributed by atoms with Crippen LogP contribution in [-0.2, 0) is 11.2 Å². The maximum atomic E-state index is 11.6. The molecule has 0 saturated carbocycles. The molecule has 0 aromatic carbocycles. The lowest BCUT2D eigenvalue weighted by Crippen LogP contribution is -2.36. The van der Waals surface area contributed by atoms with Gasteiger partial charge in [-0.1, -0.05) is 6.92 Å². The average Bonchev–Trinajstić information content (AvgIpc) is 2.86. The Hall–Kier alpha value is -1.89. The van der Waals surface area contributed by atoms with Gasteiger partial charge in [0.05, 0.1) is 11.9 Å². The third-order valence-corrected chi connectivity index (χ3v) is 4.26. The minimum Gasteiger partial charge on any atom is -0.368 e. The predicted octanol–water partition coefficient (Wildman–Crippen LogP) is 1.41. The second kappa shape index (κ2) is 6.04. The smallest absolute Gasteiger partial charge is 0.239 e. The number of hydrogen-bond donors (Lipinski definition) is 2. The summed E-state index contributed by atoms with van der Waals surface area (Å²) in [6.07, 6.45) is 0.946. The molecular weight excluding hydrogens is 274 g/mol. The second-order valence-electron chi connectivity index (χ2n) is 4.38. The van der Waals surface area contributed by atoms with Crippen molar-refractivity contribution in [2.24, 2.45) is 0 Å². The van der Waals surface area contributed by atoms with Crippen LogP contribution in [0, 0.1) is 0 Å². The van der Waals surface area contributed by atoms with E-state index in [1.165, 1.54) is 4.88 Å². The number of amides is 1. The first-order valence-electron chi connectivity index (χ1n) is 6.60. The third kappa shape index (κ3) is 2.82. The van der Waals surface area contributed by atoms with E-state index in [0.717, 1.165) is 22.5 Å². The number of nitrogens with zero attached hydrogens (tertiary/aromatic N) is 3. The van der Waals surface area contributed by atoms with Crippen molar-refractivity contribution in [3.8, 4) is 0 Å². The fourth-order valence-corrected chi connectivity index (χ4v) is 2.95. The summed E-state index contributed by atoms with van der Waals surface area (Å²) in [7, 11) is 1.62. The van der Waals surface area contributed by atoms with Crippen LogP contribution in [0.15, 0.2) is 6.07 Å². The van der Waals surface area contributed by atoms with Gasteiger partial charge in [-0.25, -0.2) is 4.98 Å². The zero-order chi connectivity index (χ0) is 14.7. The molecule has 3 N–H and O–H groups in total. The summed E-state index contributed by atoms with van der Waals surface area (Å²) in [5, 5.41) is 3.59. The number of nitrogens with two attached hydrogens (primary N) is 1. The Bertz CT molecular complexity index is 624. The van der Waals surface area contributed by atoms with E-state index in [1.807, 2.05) is 11.8 Å². The molecule has 0 aliphatic rings. The molecule has 0 saturated heterocycles. The SMILES string of the molecule is CCc1cc2c(N(CC)CC(=O)NC)nc(N)nc2s1. The number of thiophene rings is 1. The van der Waals surface area contributed by atoms with Gasteiger partial charge in [-0.15, -0.1) is 11.3 Å². The van der Waals surface area contributed by atoms with Gasteiger partial charge in [-0.2, -0.15) is 4.98 Å². The number of nitrogens with one attached hydrogen (secondary N) is 1. The first kappa shape index (κ1) is 14.5. The lowest BCUT2D eigenvalue weighted by atomic mass is 10.3. The van der Waals surface area contributed by atoms with Crippen LogP contribution < -0.4 is 16.0 Å². The molecule has 0 aliphatic heterocycles. The van der Waals surface area contributed by atoms with Crippen molar-refractivity contribution in [1.82, 2.24) is 15.3 Å². The lowest BCUT2D eigenvalue weighted by molar-refractivity contribution is -0.119. The summed E-state index contributed by atoms with van der Waals surface area (Å²) in [4.78, 5) is 24.2. The Morgan fingerprint density at radius 2 is 2.20 bits per heavy atom. The Kier molecular flexibility index (Phi) is 4.39. The minimum absolute atomic E-state index is 0.0527. The van der Waals surface area contributed by atoms with Gasteiger partial charge in [-0.05, 0) is 19.4 Å². The van der Waals surface area contributed by atoms with Crippen LogP contribution in [0.2, 0.25) is 0 Å². The molecule has 0 aliphatic carbocycles. The summed E-state index contributed by atoms with van der Waals surface area (Å²) < 4.78 is 0. The predicted molar refractivity (Wildman–Crippen MR) is 83.2 cm³/mol. The highest BCUT2D eigenvalue weighted by atomic mass is 32.1. The van der Waals surface area contributed by atoms with E-state index < -0.39 is 0 Å². The molecule has 0 radical (unpaired) electrons. The molecule has 2 rings (SSSR count). The van der Waals surface area contributed by atoms with Crippen molar-refractivity contribution in [1.29, 1.82) is 0 Å². The number of fused-ring (bicyclic) bond motifs is 1. The molecule has 0 atom stereocenters. The van der Waals surface area contributed by atoms with Gasteiger partial charge in [0.15, 0.2) is 0 Å². The average molecular weight is 293 g/mol. The number of aromatic nitrogens is 2. The fourth-order valence-electron chi connectivity index (χ4n) is 1.98. The molecule has 2 heterocycles. The zero-order valence-corrected chi connectivity index (χ0v) is 12.8. The van der Waals surface area contributed by atoms with Crippen LogP contribution in [0.5, 0.6) is 0 Å². The monoisotopic (exact) mass is 293 g/mol. The standard InChI is InChI=1S/C13H19N5OS/c1-4-8-6-9-11(16-13(14)17-12(9)20-8)18(5-2)7-10(19)15-3/h6H,4-5,7H2,1-3H3,(H,15,19)(H2,14,16,17). The van der Waals surface area contributed by atoms with Crippen LogP contribution >= 0.6 is 11.3 Å². The number of hydrogen-bond acceptors (Lipinski definition) is 6. The van der Waals surface area contributed by atoms with Crippen molar-refractivity contribution in [3.63, 3.8) is 0 Å². The van der Waals surface area contributed by atoms with Gasteiger partial charge < -0.3 is 16.0 Å². The molecule has 6 nitrogen and oxygen atoms in total. The number of likely N-dealkylation sites (N-methyl/N-ethyl adjacent to an activating group) is 2. The second-order valence-corrected chi connectivity index (χ2v) is 5.49. The maximum Gasteiger partial charge on any atom is 0.239 e. The largest absolute Gasteiger partial charge is 0.368 e. The Morgan fingerprint density at radius 3 is 2.80 bits per heavy atom. The normalized spacial score (nSPS) is 10.8. The summed E-state index contributed by atoms with van der Waals surface area (Å²) in [6, 6.07) is 2.08. The molecule has 0 fully saturated rings. The molecule has 2 aromatic rings. The van der Waals surface area contributed by atoms with Crippen LogP contribution in [0.3, 0.4) is 0 Å². The van der Waals surface area contributed by atoms with Crippen molar-refractivity contribution in [2.75, 3.05) is 30.8 Å². The van der Waals surface area contributed by atoms with Crippen LogP contribution in [0.1, 0.15) is 18.7 Å². The highest BCUT2D eigenvalue weighted by Gasteiger charge is 2.17. The molecule has 0 spiro atoms. The zero-order valence-electron chi connectivity index (χ0n) is 11.9. The number of carbonyl (C=O) groups is 1. The van der Waals surface area contributed by atoms with Gasteiger partial charge >= 0.3 is 0 Å². The van der Waals surface area contributed by atoms with Crippen molar-refractivity contribution >= 4 is 39.2 Å². The summed E-state index contributed by atoms with van der Waals surface area (Å²) in [5.41, 5.74) is 5.79. The van der Waals surface area contributed by atoms with Crippen molar-refractivity contribution in [3.05, 3.63) is 10.9 Å². The summed E-state index contributed by atoms with van der Waals surface area (Å²) in [5.74, 6) is 0.921. The van der Waals surface area contributed by atoms with Crippen LogP contribution in [0.25, 0.3) is 10.2 Å². The molecule has 0 unspecified atom stereocenters. The molecular formula is C13H19N5OS. The molecule has 108 valence electrons. The molecule has 0 bridgehead atoms. The van der Waals surface area contributed by atoms with E-state index in [4.69, 9.17) is 5.73 Å². The highest BCUT2D eigenvalue weighted by Crippen LogP contribution is 2.31. The molecule has 2 aromatic heterocycles. The van der Waals surface area contributed by atoms with Crippen molar-refractivity contribution in [2.45, 2.75) is 20.3 Å². The van der Waals surface area contributed by atoms with Gasteiger partial charge in [0.25, 0.3) is 0 Å². The number of nitrogen functional groups attached to an aromatic ring is 1. The topological polar surface area (TPSA) is 84.1 Å². The number of aryl methyl sites for hydroxylation is 1. The molecule has 7 heteroatoms. The molecule has 20 heavy (non-hydrogen) atoms.